The molecule has 0 saturated heterocycles. The predicted molar refractivity (Wildman–Crippen MR) is 104 cm³/mol. The highest BCUT2D eigenvalue weighted by Gasteiger charge is 2.20. The Morgan fingerprint density at radius 1 is 1.15 bits per heavy atom. The van der Waals surface area contributed by atoms with E-state index in [-0.39, 0.29) is 12.6 Å². The predicted octanol–water partition coefficient (Wildman–Crippen LogP) is 4.16. The van der Waals surface area contributed by atoms with E-state index in [4.69, 9.17) is 9.47 Å². The third-order valence-corrected chi connectivity index (χ3v) is 5.34. The molecule has 0 bridgehead atoms. The number of thiophene rings is 1. The Hall–Kier alpha value is -2.51. The van der Waals surface area contributed by atoms with Crippen molar-refractivity contribution in [3.63, 3.8) is 0 Å². The SMILES string of the molecule is COCCOC(=O)c1sc2ncnc(Nc3c(C)cccc3C)c2c1C. The number of esters is 1. The number of nitrogens with one attached hydrogen (secondary N) is 1. The fourth-order valence-electron chi connectivity index (χ4n) is 2.77. The van der Waals surface area contributed by atoms with E-state index in [0.29, 0.717) is 17.3 Å². The van der Waals surface area contributed by atoms with Crippen LogP contribution in [0.25, 0.3) is 10.2 Å². The summed E-state index contributed by atoms with van der Waals surface area (Å²) in [6, 6.07) is 6.12. The second kappa shape index (κ2) is 7.80. The highest BCUT2D eigenvalue weighted by molar-refractivity contribution is 7.20. The molecule has 2 heterocycles. The van der Waals surface area contributed by atoms with Gasteiger partial charge in [0.15, 0.2) is 0 Å². The number of methoxy groups -OCH3 is 1. The van der Waals surface area contributed by atoms with E-state index < -0.39 is 0 Å². The molecule has 0 atom stereocenters. The molecule has 3 rings (SSSR count). The Morgan fingerprint density at radius 2 is 1.88 bits per heavy atom. The molecule has 0 radical (unpaired) electrons. The lowest BCUT2D eigenvalue weighted by Gasteiger charge is -2.12. The number of aromatic nitrogens is 2. The van der Waals surface area contributed by atoms with Gasteiger partial charge >= 0.3 is 5.97 Å². The molecular weight excluding hydrogens is 350 g/mol. The molecule has 0 amide bonds. The summed E-state index contributed by atoms with van der Waals surface area (Å²) in [5.41, 5.74) is 4.09. The highest BCUT2D eigenvalue weighted by atomic mass is 32.1. The molecule has 6 nitrogen and oxygen atoms in total. The lowest BCUT2D eigenvalue weighted by Crippen LogP contribution is -2.09. The van der Waals surface area contributed by atoms with Crippen molar-refractivity contribution in [2.75, 3.05) is 25.6 Å². The number of rotatable bonds is 6. The molecular formula is C19H21N3O3S. The first-order valence-electron chi connectivity index (χ1n) is 8.26. The second-order valence-electron chi connectivity index (χ2n) is 5.98. The van der Waals surface area contributed by atoms with Gasteiger partial charge in [0, 0.05) is 12.8 Å². The van der Waals surface area contributed by atoms with Crippen LogP contribution in [0.15, 0.2) is 24.5 Å². The van der Waals surface area contributed by atoms with Crippen LogP contribution in [0.3, 0.4) is 0 Å². The summed E-state index contributed by atoms with van der Waals surface area (Å²) >= 11 is 1.32. The zero-order valence-electron chi connectivity index (χ0n) is 15.3. The fourth-order valence-corrected chi connectivity index (χ4v) is 3.82. The van der Waals surface area contributed by atoms with Crippen LogP contribution >= 0.6 is 11.3 Å². The van der Waals surface area contributed by atoms with Gasteiger partial charge in [-0.3, -0.25) is 0 Å². The molecule has 0 aliphatic carbocycles. The molecule has 0 fully saturated rings. The van der Waals surface area contributed by atoms with Gasteiger partial charge in [-0.25, -0.2) is 14.8 Å². The highest BCUT2D eigenvalue weighted by Crippen LogP contribution is 2.35. The third kappa shape index (κ3) is 3.54. The van der Waals surface area contributed by atoms with E-state index in [0.717, 1.165) is 32.6 Å². The van der Waals surface area contributed by atoms with E-state index in [1.165, 1.54) is 17.7 Å². The van der Waals surface area contributed by atoms with Crippen molar-refractivity contribution in [1.29, 1.82) is 0 Å². The summed E-state index contributed by atoms with van der Waals surface area (Å²) in [6.45, 7) is 6.58. The topological polar surface area (TPSA) is 73.3 Å². The van der Waals surface area contributed by atoms with Crippen LogP contribution in [0.5, 0.6) is 0 Å². The first kappa shape index (κ1) is 18.3. The van der Waals surface area contributed by atoms with Crippen LogP contribution < -0.4 is 5.32 Å². The van der Waals surface area contributed by atoms with Crippen LogP contribution in [0.4, 0.5) is 11.5 Å². The fraction of sp³-hybridized carbons (Fsp3) is 0.316. The Morgan fingerprint density at radius 3 is 2.58 bits per heavy atom. The van der Waals surface area contributed by atoms with Gasteiger partial charge in [-0.15, -0.1) is 11.3 Å². The summed E-state index contributed by atoms with van der Waals surface area (Å²) in [6.07, 6.45) is 1.51. The molecule has 136 valence electrons. The molecule has 0 saturated carbocycles. The molecule has 26 heavy (non-hydrogen) atoms. The average molecular weight is 371 g/mol. The number of carbonyl (C=O) groups excluding carboxylic acids is 1. The van der Waals surface area contributed by atoms with E-state index in [1.807, 2.05) is 39.0 Å². The van der Waals surface area contributed by atoms with Crippen molar-refractivity contribution >= 4 is 39.0 Å². The van der Waals surface area contributed by atoms with Gasteiger partial charge in [0.2, 0.25) is 0 Å². The van der Waals surface area contributed by atoms with E-state index in [1.54, 1.807) is 7.11 Å². The van der Waals surface area contributed by atoms with Gasteiger partial charge in [0.1, 0.15) is 28.5 Å². The zero-order valence-corrected chi connectivity index (χ0v) is 16.1. The number of carbonyl (C=O) groups is 1. The standard InChI is InChI=1S/C19H21N3O3S/c1-11-6-5-7-12(2)15(11)22-17-14-13(3)16(19(23)25-9-8-24-4)26-18(14)21-10-20-17/h5-7,10H,8-9H2,1-4H3,(H,20,21,22). The Labute approximate surface area is 156 Å². The van der Waals surface area contributed by atoms with Crippen LogP contribution in [0.2, 0.25) is 0 Å². The molecule has 3 aromatic rings. The van der Waals surface area contributed by atoms with Gasteiger partial charge < -0.3 is 14.8 Å². The summed E-state index contributed by atoms with van der Waals surface area (Å²) in [5, 5.41) is 4.26. The lowest BCUT2D eigenvalue weighted by atomic mass is 10.1. The first-order chi connectivity index (χ1) is 12.5. The molecule has 0 spiro atoms. The van der Waals surface area contributed by atoms with Crippen molar-refractivity contribution in [2.24, 2.45) is 0 Å². The number of hydrogen-bond donors (Lipinski definition) is 1. The van der Waals surface area contributed by atoms with Crippen molar-refractivity contribution in [3.05, 3.63) is 46.1 Å². The van der Waals surface area contributed by atoms with Crippen LogP contribution in [0.1, 0.15) is 26.4 Å². The average Bonchev–Trinajstić information content (AvgIpc) is 2.96. The van der Waals surface area contributed by atoms with Crippen molar-refractivity contribution in [2.45, 2.75) is 20.8 Å². The maximum Gasteiger partial charge on any atom is 0.348 e. The summed E-state index contributed by atoms with van der Waals surface area (Å²) in [4.78, 5) is 22.4. The van der Waals surface area contributed by atoms with E-state index in [9.17, 15) is 4.79 Å². The van der Waals surface area contributed by atoms with E-state index in [2.05, 4.69) is 15.3 Å². The maximum atomic E-state index is 12.4. The van der Waals surface area contributed by atoms with Gasteiger partial charge in [-0.2, -0.15) is 0 Å². The van der Waals surface area contributed by atoms with Crippen LogP contribution in [-0.4, -0.2) is 36.3 Å². The summed E-state index contributed by atoms with van der Waals surface area (Å²) in [7, 11) is 1.57. The number of aryl methyl sites for hydroxylation is 3. The van der Waals surface area contributed by atoms with Crippen molar-refractivity contribution in [1.82, 2.24) is 9.97 Å². The number of ether oxygens (including phenoxy) is 2. The Kier molecular flexibility index (Phi) is 5.49. The minimum Gasteiger partial charge on any atom is -0.459 e. The molecule has 0 unspecified atom stereocenters. The van der Waals surface area contributed by atoms with Crippen molar-refractivity contribution in [3.8, 4) is 0 Å². The summed E-state index contributed by atoms with van der Waals surface area (Å²) < 4.78 is 10.2. The first-order valence-corrected chi connectivity index (χ1v) is 9.08. The molecule has 7 heteroatoms. The smallest absolute Gasteiger partial charge is 0.348 e. The quantitative estimate of drug-likeness (QED) is 0.518. The third-order valence-electron chi connectivity index (χ3n) is 4.16. The van der Waals surface area contributed by atoms with Crippen LogP contribution in [0, 0.1) is 20.8 Å². The second-order valence-corrected chi connectivity index (χ2v) is 6.98. The molecule has 0 aliphatic heterocycles. The molecule has 1 N–H and O–H groups in total. The number of benzene rings is 1. The zero-order chi connectivity index (χ0) is 18.7. The van der Waals surface area contributed by atoms with Crippen LogP contribution in [-0.2, 0) is 9.47 Å². The van der Waals surface area contributed by atoms with Gasteiger partial charge in [0.25, 0.3) is 0 Å². The maximum absolute atomic E-state index is 12.4. The van der Waals surface area contributed by atoms with Gasteiger partial charge in [-0.05, 0) is 37.5 Å². The number of anilines is 2. The molecule has 0 aliphatic rings. The number of nitrogens with zero attached hydrogens (tertiary/aromatic N) is 2. The Bertz CT molecular complexity index is 932. The van der Waals surface area contributed by atoms with Crippen molar-refractivity contribution < 1.29 is 14.3 Å². The van der Waals surface area contributed by atoms with Gasteiger partial charge in [0.05, 0.1) is 12.0 Å². The number of para-hydroxylation sites is 1. The minimum atomic E-state index is -0.361. The normalized spacial score (nSPS) is 10.9. The lowest BCUT2D eigenvalue weighted by molar-refractivity contribution is 0.0393. The minimum absolute atomic E-state index is 0.224. The Balaban J connectivity index is 1.99. The number of hydrogen-bond acceptors (Lipinski definition) is 7. The number of fused-ring (bicyclic) bond motifs is 1. The molecule has 1 aromatic carbocycles. The summed E-state index contributed by atoms with van der Waals surface area (Å²) in [5.74, 6) is 0.331. The van der Waals surface area contributed by atoms with E-state index >= 15 is 0 Å². The van der Waals surface area contributed by atoms with Gasteiger partial charge in [-0.1, -0.05) is 18.2 Å². The largest absolute Gasteiger partial charge is 0.459 e. The molecule has 2 aromatic heterocycles. The monoisotopic (exact) mass is 371 g/mol.